The summed E-state index contributed by atoms with van der Waals surface area (Å²) < 4.78 is 0.498. The standard InChI is InChI=1S/C22H18Cl2N2O2S2/c23-16-10-5-11-17(20(16)24)25-19(27)13-6-14-26-21(28)18(30-22(26)29)12-4-9-15-7-2-1-3-8-15/h1-5,7-12H,6,13-14H2,(H,25,27). The first-order valence-electron chi connectivity index (χ1n) is 9.16. The van der Waals surface area contributed by atoms with Crippen molar-refractivity contribution in [3.05, 3.63) is 81.2 Å². The zero-order valence-corrected chi connectivity index (χ0v) is 19.0. The van der Waals surface area contributed by atoms with Gasteiger partial charge in [-0.3, -0.25) is 14.5 Å². The maximum absolute atomic E-state index is 12.6. The van der Waals surface area contributed by atoms with E-state index in [9.17, 15) is 9.59 Å². The van der Waals surface area contributed by atoms with E-state index in [1.165, 1.54) is 16.7 Å². The Kier molecular flexibility index (Phi) is 8.10. The number of thioether (sulfide) groups is 1. The Bertz CT molecular complexity index is 1020. The fraction of sp³-hybridized carbons (Fsp3) is 0.136. The third kappa shape index (κ3) is 5.95. The molecular weight excluding hydrogens is 459 g/mol. The molecule has 2 aromatic rings. The summed E-state index contributed by atoms with van der Waals surface area (Å²) >= 11 is 18.6. The number of thiocarbonyl (C=S) groups is 1. The third-order valence-corrected chi connectivity index (χ3v) is 6.44. The number of nitrogens with one attached hydrogen (secondary N) is 1. The first-order valence-corrected chi connectivity index (χ1v) is 11.1. The van der Waals surface area contributed by atoms with Gasteiger partial charge in [-0.05, 0) is 30.2 Å². The van der Waals surface area contributed by atoms with Gasteiger partial charge in [0.25, 0.3) is 5.91 Å². The van der Waals surface area contributed by atoms with Crippen molar-refractivity contribution in [1.29, 1.82) is 0 Å². The fourth-order valence-electron chi connectivity index (χ4n) is 2.73. The molecule has 0 saturated carbocycles. The minimum atomic E-state index is -0.203. The molecule has 1 aliphatic rings. The van der Waals surface area contributed by atoms with E-state index in [0.29, 0.717) is 37.9 Å². The molecule has 0 radical (unpaired) electrons. The Morgan fingerprint density at radius 2 is 1.90 bits per heavy atom. The van der Waals surface area contributed by atoms with E-state index in [1.54, 1.807) is 24.3 Å². The smallest absolute Gasteiger partial charge is 0.266 e. The lowest BCUT2D eigenvalue weighted by Gasteiger charge is -2.14. The van der Waals surface area contributed by atoms with Crippen molar-refractivity contribution < 1.29 is 9.59 Å². The van der Waals surface area contributed by atoms with E-state index < -0.39 is 0 Å². The Morgan fingerprint density at radius 3 is 2.67 bits per heavy atom. The molecule has 1 saturated heterocycles. The average Bonchev–Trinajstić information content (AvgIpc) is 3.00. The van der Waals surface area contributed by atoms with Crippen LogP contribution in [0, 0.1) is 0 Å². The minimum Gasteiger partial charge on any atom is -0.325 e. The van der Waals surface area contributed by atoms with Gasteiger partial charge < -0.3 is 5.32 Å². The maximum atomic E-state index is 12.6. The van der Waals surface area contributed by atoms with Crippen LogP contribution in [0.2, 0.25) is 10.0 Å². The van der Waals surface area contributed by atoms with Crippen molar-refractivity contribution in [2.75, 3.05) is 11.9 Å². The van der Waals surface area contributed by atoms with Gasteiger partial charge in [0.2, 0.25) is 5.91 Å². The van der Waals surface area contributed by atoms with Crippen LogP contribution in [-0.4, -0.2) is 27.6 Å². The van der Waals surface area contributed by atoms with E-state index in [4.69, 9.17) is 35.4 Å². The number of halogens is 2. The number of hydrogen-bond acceptors (Lipinski definition) is 4. The van der Waals surface area contributed by atoms with Gasteiger partial charge >= 0.3 is 0 Å². The van der Waals surface area contributed by atoms with Gasteiger partial charge in [0.1, 0.15) is 4.32 Å². The molecule has 0 aliphatic carbocycles. The van der Waals surface area contributed by atoms with E-state index >= 15 is 0 Å². The summed E-state index contributed by atoms with van der Waals surface area (Å²) in [5.41, 5.74) is 1.52. The highest BCUT2D eigenvalue weighted by Crippen LogP contribution is 2.32. The quantitative estimate of drug-likeness (QED) is 0.383. The van der Waals surface area contributed by atoms with Gasteiger partial charge in [-0.1, -0.05) is 95.7 Å². The van der Waals surface area contributed by atoms with Crippen molar-refractivity contribution in [3.8, 4) is 0 Å². The molecule has 1 aliphatic heterocycles. The highest BCUT2D eigenvalue weighted by molar-refractivity contribution is 8.26. The topological polar surface area (TPSA) is 49.4 Å². The number of hydrogen-bond donors (Lipinski definition) is 1. The molecule has 0 atom stereocenters. The van der Waals surface area contributed by atoms with Crippen molar-refractivity contribution in [2.24, 2.45) is 0 Å². The molecule has 2 aromatic carbocycles. The lowest BCUT2D eigenvalue weighted by atomic mass is 10.2. The zero-order valence-electron chi connectivity index (χ0n) is 15.8. The third-order valence-electron chi connectivity index (χ3n) is 4.22. The lowest BCUT2D eigenvalue weighted by molar-refractivity contribution is -0.122. The van der Waals surface area contributed by atoms with E-state index in [1.807, 2.05) is 42.5 Å². The predicted octanol–water partition coefficient (Wildman–Crippen LogP) is 6.17. The van der Waals surface area contributed by atoms with Crippen molar-refractivity contribution in [2.45, 2.75) is 12.8 Å². The number of carbonyl (C=O) groups is 2. The van der Waals surface area contributed by atoms with Crippen LogP contribution >= 0.6 is 47.2 Å². The number of allylic oxidation sites excluding steroid dienone is 2. The second kappa shape index (κ2) is 10.8. The summed E-state index contributed by atoms with van der Waals surface area (Å²) in [6.45, 7) is 0.376. The van der Waals surface area contributed by atoms with Crippen LogP contribution in [0.5, 0.6) is 0 Å². The molecule has 0 bridgehead atoms. The number of rotatable bonds is 7. The maximum Gasteiger partial charge on any atom is 0.266 e. The molecule has 0 unspecified atom stereocenters. The normalized spacial score (nSPS) is 15.4. The van der Waals surface area contributed by atoms with Crippen LogP contribution in [0.15, 0.2) is 65.6 Å². The largest absolute Gasteiger partial charge is 0.325 e. The van der Waals surface area contributed by atoms with Crippen LogP contribution in [0.3, 0.4) is 0 Å². The first kappa shape index (κ1) is 22.6. The van der Waals surface area contributed by atoms with Crippen LogP contribution in [0.25, 0.3) is 6.08 Å². The number of benzene rings is 2. The molecule has 1 fully saturated rings. The summed E-state index contributed by atoms with van der Waals surface area (Å²) in [5, 5.41) is 3.41. The molecule has 154 valence electrons. The highest BCUT2D eigenvalue weighted by Gasteiger charge is 2.31. The number of carbonyl (C=O) groups excluding carboxylic acids is 2. The Labute approximate surface area is 194 Å². The summed E-state index contributed by atoms with van der Waals surface area (Å²) in [5.74, 6) is -0.341. The Hall–Kier alpha value is -2.12. The molecule has 8 heteroatoms. The van der Waals surface area contributed by atoms with Gasteiger partial charge in [-0.25, -0.2) is 0 Å². The summed E-state index contributed by atoms with van der Waals surface area (Å²) in [6.07, 6.45) is 6.23. The first-order chi connectivity index (χ1) is 14.5. The summed E-state index contributed by atoms with van der Waals surface area (Å²) in [4.78, 5) is 26.9. The second-order valence-corrected chi connectivity index (χ2v) is 8.84. The molecule has 30 heavy (non-hydrogen) atoms. The van der Waals surface area contributed by atoms with Crippen molar-refractivity contribution in [3.63, 3.8) is 0 Å². The van der Waals surface area contributed by atoms with Crippen molar-refractivity contribution in [1.82, 2.24) is 4.90 Å². The highest BCUT2D eigenvalue weighted by atomic mass is 35.5. The molecule has 1 N–H and O–H groups in total. The molecule has 0 spiro atoms. The van der Waals surface area contributed by atoms with Crippen LogP contribution in [0.4, 0.5) is 5.69 Å². The fourth-order valence-corrected chi connectivity index (χ4v) is 4.34. The van der Waals surface area contributed by atoms with Crippen molar-refractivity contribution >= 4 is 75.1 Å². The SMILES string of the molecule is O=C(CCCN1C(=O)C(=CC=Cc2ccccc2)SC1=S)Nc1cccc(Cl)c1Cl. The molecule has 4 nitrogen and oxygen atoms in total. The molecule has 0 aromatic heterocycles. The molecule has 3 rings (SSSR count). The lowest BCUT2D eigenvalue weighted by Crippen LogP contribution is -2.29. The number of nitrogens with zero attached hydrogens (tertiary/aromatic N) is 1. The minimum absolute atomic E-state index is 0.138. The zero-order chi connectivity index (χ0) is 21.5. The molecule has 2 amide bonds. The molecular formula is C22H18Cl2N2O2S2. The predicted molar refractivity (Wildman–Crippen MR) is 130 cm³/mol. The van der Waals surface area contributed by atoms with Gasteiger partial charge in [0.05, 0.1) is 20.6 Å². The van der Waals surface area contributed by atoms with Gasteiger partial charge in [0.15, 0.2) is 0 Å². The Morgan fingerprint density at radius 1 is 1.13 bits per heavy atom. The molecule has 1 heterocycles. The summed E-state index contributed by atoms with van der Waals surface area (Å²) in [6, 6.07) is 14.9. The van der Waals surface area contributed by atoms with E-state index in [2.05, 4.69) is 5.32 Å². The second-order valence-electron chi connectivity index (χ2n) is 6.38. The van der Waals surface area contributed by atoms with E-state index in [-0.39, 0.29) is 18.2 Å². The summed E-state index contributed by atoms with van der Waals surface area (Å²) in [7, 11) is 0. The van der Waals surface area contributed by atoms with Crippen LogP contribution in [0.1, 0.15) is 18.4 Å². The van der Waals surface area contributed by atoms with Gasteiger partial charge in [0, 0.05) is 13.0 Å². The van der Waals surface area contributed by atoms with Crippen LogP contribution < -0.4 is 5.32 Å². The van der Waals surface area contributed by atoms with E-state index in [0.717, 1.165) is 5.56 Å². The average molecular weight is 477 g/mol. The van der Waals surface area contributed by atoms with Crippen LogP contribution in [-0.2, 0) is 9.59 Å². The number of anilines is 1. The monoisotopic (exact) mass is 476 g/mol. The Balaban J connectivity index is 1.50. The van der Waals surface area contributed by atoms with Gasteiger partial charge in [-0.2, -0.15) is 0 Å². The van der Waals surface area contributed by atoms with Gasteiger partial charge in [-0.15, -0.1) is 0 Å². The number of amides is 2.